The van der Waals surface area contributed by atoms with Crippen LogP contribution in [0.2, 0.25) is 0 Å². The first kappa shape index (κ1) is 12.5. The highest BCUT2D eigenvalue weighted by Gasteiger charge is 2.35. The highest BCUT2D eigenvalue weighted by atomic mass is 19.1. The summed E-state index contributed by atoms with van der Waals surface area (Å²) in [5, 5.41) is 27.5. The Balaban J connectivity index is 2.66. The Kier molecular flexibility index (Phi) is 2.79. The molecule has 0 spiro atoms. The Labute approximate surface area is 100 Å². The van der Waals surface area contributed by atoms with Crippen LogP contribution < -0.4 is 14.1 Å². The van der Waals surface area contributed by atoms with E-state index in [1.165, 1.54) is 0 Å². The number of methoxy groups -OCH3 is 1. The Morgan fingerprint density at radius 1 is 1.56 bits per heavy atom. The van der Waals surface area contributed by atoms with E-state index in [2.05, 4.69) is 9.39 Å². The van der Waals surface area contributed by atoms with Crippen LogP contribution >= 0.6 is 0 Å². The Morgan fingerprint density at radius 2 is 2.22 bits per heavy atom. The summed E-state index contributed by atoms with van der Waals surface area (Å²) in [5.74, 6) is -3.87. The summed E-state index contributed by atoms with van der Waals surface area (Å²) in [6.45, 7) is -3.95. The zero-order valence-electron chi connectivity index (χ0n) is 9.21. The fourth-order valence-corrected chi connectivity index (χ4v) is 1.58. The third-order valence-electron chi connectivity index (χ3n) is 2.35. The minimum absolute atomic E-state index is 0.133. The maximum atomic E-state index is 13.8. The molecule has 0 aromatic heterocycles. The van der Waals surface area contributed by atoms with Crippen molar-refractivity contribution in [2.45, 2.75) is 0 Å². The van der Waals surface area contributed by atoms with Gasteiger partial charge in [0.15, 0.2) is 17.3 Å². The van der Waals surface area contributed by atoms with Gasteiger partial charge in [-0.25, -0.2) is 9.18 Å². The first-order valence-electron chi connectivity index (χ1n) is 4.91. The van der Waals surface area contributed by atoms with Crippen LogP contribution in [0.25, 0.3) is 0 Å². The van der Waals surface area contributed by atoms with Crippen molar-refractivity contribution in [3.8, 4) is 17.2 Å². The number of hydrogen-bond acceptors (Lipinski definition) is 6. The summed E-state index contributed by atoms with van der Waals surface area (Å²) in [6, 6.07) is 1.07. The van der Waals surface area contributed by atoms with Crippen molar-refractivity contribution < 1.29 is 38.5 Å². The van der Waals surface area contributed by atoms with Crippen molar-refractivity contribution in [2.75, 3.05) is 13.6 Å². The number of aromatic carboxylic acids is 1. The monoisotopic (exact) mass is 259 g/mol. The topological polar surface area (TPSA) is 105 Å². The van der Waals surface area contributed by atoms with Crippen LogP contribution in [-0.2, 0) is 0 Å². The molecule has 1 aromatic rings. The molecule has 2 rings (SSSR count). The van der Waals surface area contributed by atoms with Crippen LogP contribution in [-0.4, -0.2) is 41.5 Å². The van der Waals surface area contributed by atoms with E-state index in [1.54, 1.807) is 0 Å². The van der Waals surface area contributed by atoms with Gasteiger partial charge in [-0.15, -0.1) is 0 Å². The van der Waals surface area contributed by atoms with Crippen molar-refractivity contribution in [1.82, 2.24) is 0 Å². The lowest BCUT2D eigenvalue weighted by molar-refractivity contribution is 0.0684. The van der Waals surface area contributed by atoms with Crippen molar-refractivity contribution >= 4 is 12.7 Å². The molecule has 9 heteroatoms. The van der Waals surface area contributed by atoms with Crippen molar-refractivity contribution in [3.63, 3.8) is 0 Å². The summed E-state index contributed by atoms with van der Waals surface area (Å²) < 4.78 is 28.0. The molecule has 1 aliphatic heterocycles. The number of ether oxygens (including phenoxy) is 2. The molecular weight excluding hydrogens is 250 g/mol. The molecule has 0 radical (unpaired) electrons. The van der Waals surface area contributed by atoms with Crippen molar-refractivity contribution in [1.29, 1.82) is 0 Å². The third kappa shape index (κ3) is 1.93. The summed E-state index contributed by atoms with van der Waals surface area (Å²) in [6.07, 6.45) is 0. The second-order valence-electron chi connectivity index (χ2n) is 3.69. The summed E-state index contributed by atoms with van der Waals surface area (Å²) >= 11 is 0. The lowest BCUT2D eigenvalue weighted by atomic mass is 9.80. The quantitative estimate of drug-likeness (QED) is 0.629. The van der Waals surface area contributed by atoms with Crippen LogP contribution in [0.15, 0.2) is 6.07 Å². The molecule has 0 saturated heterocycles. The molecule has 0 aliphatic carbocycles. The predicted octanol–water partition coefficient (Wildman–Crippen LogP) is -0.234. The highest BCUT2D eigenvalue weighted by molar-refractivity contribution is 6.58. The van der Waals surface area contributed by atoms with Crippen molar-refractivity contribution in [3.05, 3.63) is 17.4 Å². The van der Waals surface area contributed by atoms with Crippen LogP contribution in [0.4, 0.5) is 4.39 Å². The lowest BCUT2D eigenvalue weighted by Gasteiger charge is -2.37. The minimum atomic E-state index is -3.36. The second kappa shape index (κ2) is 4.04. The average Bonchev–Trinajstić information content (AvgIpc) is 2.26. The van der Waals surface area contributed by atoms with Gasteiger partial charge in [-0.1, -0.05) is 0 Å². The second-order valence-corrected chi connectivity index (χ2v) is 3.69. The number of hydrogen-bond donors (Lipinski definition) is 3. The maximum Gasteiger partial charge on any atom is 0.467 e. The van der Waals surface area contributed by atoms with Gasteiger partial charge in [0.2, 0.25) is 0 Å². The Bertz CT molecular complexity index is 516. The first-order chi connectivity index (χ1) is 8.35. The zero-order chi connectivity index (χ0) is 13.5. The van der Waals surface area contributed by atoms with E-state index >= 15 is 0 Å². The van der Waals surface area contributed by atoms with E-state index < -0.39 is 36.4 Å². The van der Waals surface area contributed by atoms with Gasteiger partial charge in [0.05, 0.1) is 13.6 Å². The molecule has 0 saturated carbocycles. The van der Waals surface area contributed by atoms with Gasteiger partial charge in [-0.3, -0.25) is 0 Å². The predicted molar refractivity (Wildman–Crippen MR) is 56.2 cm³/mol. The molecule has 1 heterocycles. The maximum absolute atomic E-state index is 13.8. The first-order valence-corrected chi connectivity index (χ1v) is 4.91. The summed E-state index contributed by atoms with van der Waals surface area (Å²) in [4.78, 5) is 11.0. The molecule has 0 fully saturated rings. The van der Waals surface area contributed by atoms with E-state index in [4.69, 9.17) is 9.84 Å². The van der Waals surface area contributed by atoms with Crippen molar-refractivity contribution in [2.24, 2.45) is 0 Å². The number of rotatable bonds is 2. The van der Waals surface area contributed by atoms with Gasteiger partial charge >= 0.3 is 12.7 Å². The van der Waals surface area contributed by atoms with Gasteiger partial charge in [-0.2, -0.15) is 0 Å². The number of benzene rings is 1. The van der Waals surface area contributed by atoms with Gasteiger partial charge in [0.1, 0.15) is 11.3 Å². The van der Waals surface area contributed by atoms with Crippen LogP contribution in [0.5, 0.6) is 17.2 Å². The summed E-state index contributed by atoms with van der Waals surface area (Å²) in [7, 11) is 1.16. The Morgan fingerprint density at radius 3 is 2.78 bits per heavy atom. The Hall–Kier alpha value is -2.00. The smallest absolute Gasteiger partial charge is 0.467 e. The number of halogens is 1. The van der Waals surface area contributed by atoms with Gasteiger partial charge in [-0.05, 0) is 0 Å². The van der Waals surface area contributed by atoms with Crippen LogP contribution in [0, 0.1) is 5.82 Å². The molecule has 3 N–H and O–H groups in total. The van der Waals surface area contributed by atoms with Gasteiger partial charge < -0.3 is 29.3 Å². The molecule has 98 valence electrons. The third-order valence-corrected chi connectivity index (χ3v) is 2.35. The van der Waals surface area contributed by atoms with Gasteiger partial charge in [0, 0.05) is 6.07 Å². The SMILES string of the molecule is COc1cc2c(c(C(=O)O)c1F)O[B-](O)(O)CO2. The van der Waals surface area contributed by atoms with Gasteiger partial charge in [0.25, 0.3) is 0 Å². The fraction of sp³-hybridized carbons (Fsp3) is 0.222. The molecule has 1 aromatic carbocycles. The van der Waals surface area contributed by atoms with E-state index in [0.29, 0.717) is 0 Å². The largest absolute Gasteiger partial charge is 0.665 e. The molecule has 18 heavy (non-hydrogen) atoms. The standard InChI is InChI=1S/C9H9BFO7/c1-16-4-2-5-8(6(7(4)11)9(12)13)18-10(14,15)3-17-5/h2,14-15H,3H2,1H3,(H,12,13)/q-1. The molecule has 0 unspecified atom stereocenters. The number of carboxylic acid groups (broad SMARTS) is 1. The minimum Gasteiger partial charge on any atom is -0.665 e. The highest BCUT2D eigenvalue weighted by Crippen LogP contribution is 2.41. The molecule has 0 atom stereocenters. The number of carbonyl (C=O) groups is 1. The molecule has 1 aliphatic rings. The zero-order valence-corrected chi connectivity index (χ0v) is 9.21. The number of carboxylic acids is 1. The van der Waals surface area contributed by atoms with E-state index in [0.717, 1.165) is 13.2 Å². The van der Waals surface area contributed by atoms with Crippen LogP contribution in [0.1, 0.15) is 10.4 Å². The molecule has 7 nitrogen and oxygen atoms in total. The molecular formula is C9H9BFO7-. The lowest BCUT2D eigenvalue weighted by Crippen LogP contribution is -2.51. The average molecular weight is 259 g/mol. The van der Waals surface area contributed by atoms with Crippen LogP contribution in [0.3, 0.4) is 0 Å². The normalized spacial score (nSPS) is 16.2. The molecule has 0 bridgehead atoms. The number of fused-ring (bicyclic) bond motifs is 1. The molecule has 0 amide bonds. The fourth-order valence-electron chi connectivity index (χ4n) is 1.58. The van der Waals surface area contributed by atoms with E-state index in [9.17, 15) is 19.2 Å². The van der Waals surface area contributed by atoms with E-state index in [1.807, 2.05) is 0 Å². The van der Waals surface area contributed by atoms with E-state index in [-0.39, 0.29) is 11.5 Å². The summed E-state index contributed by atoms with van der Waals surface area (Å²) in [5.41, 5.74) is -0.876.